The van der Waals surface area contributed by atoms with E-state index in [1.807, 2.05) is 6.92 Å². The van der Waals surface area contributed by atoms with Crippen molar-refractivity contribution in [3.05, 3.63) is 22.2 Å². The van der Waals surface area contributed by atoms with Gasteiger partial charge in [0.1, 0.15) is 10.8 Å². The zero-order valence-corrected chi connectivity index (χ0v) is 9.01. The lowest BCUT2D eigenvalue weighted by atomic mass is 10.1. The number of benzene rings is 1. The highest BCUT2D eigenvalue weighted by Crippen LogP contribution is 2.38. The molecule has 0 atom stereocenters. The van der Waals surface area contributed by atoms with Crippen LogP contribution in [0.3, 0.4) is 0 Å². The first-order valence-corrected chi connectivity index (χ1v) is 4.39. The molecule has 0 aliphatic carbocycles. The van der Waals surface area contributed by atoms with E-state index >= 15 is 0 Å². The van der Waals surface area contributed by atoms with Gasteiger partial charge < -0.3 is 9.47 Å². The number of hydrogen-bond acceptors (Lipinski definition) is 3. The SMILES string of the molecule is COc1c(C)cc(C=O)c(OC)c1Cl. The van der Waals surface area contributed by atoms with Gasteiger partial charge in [-0.15, -0.1) is 0 Å². The molecule has 76 valence electrons. The molecule has 0 saturated carbocycles. The molecule has 3 nitrogen and oxygen atoms in total. The van der Waals surface area contributed by atoms with E-state index in [1.165, 1.54) is 14.2 Å². The number of aldehydes is 1. The lowest BCUT2D eigenvalue weighted by molar-refractivity contribution is 0.112. The average Bonchev–Trinajstić information content (AvgIpc) is 2.17. The van der Waals surface area contributed by atoms with Gasteiger partial charge in [-0.05, 0) is 18.6 Å². The molecule has 0 fully saturated rings. The lowest BCUT2D eigenvalue weighted by Gasteiger charge is -2.12. The molecule has 0 saturated heterocycles. The Morgan fingerprint density at radius 2 is 1.86 bits per heavy atom. The van der Waals surface area contributed by atoms with E-state index < -0.39 is 0 Å². The third-order valence-corrected chi connectivity index (χ3v) is 2.27. The zero-order valence-electron chi connectivity index (χ0n) is 8.26. The van der Waals surface area contributed by atoms with Gasteiger partial charge in [0.05, 0.1) is 19.8 Å². The molecule has 1 rings (SSSR count). The van der Waals surface area contributed by atoms with Crippen molar-refractivity contribution in [1.82, 2.24) is 0 Å². The number of halogens is 1. The first-order chi connectivity index (χ1) is 6.65. The Bertz CT molecular complexity index is 361. The zero-order chi connectivity index (χ0) is 10.7. The number of aryl methyl sites for hydroxylation is 1. The molecule has 0 spiro atoms. The molecular formula is C10H11ClO3. The highest BCUT2D eigenvalue weighted by molar-refractivity contribution is 6.34. The van der Waals surface area contributed by atoms with Crippen LogP contribution in [0.15, 0.2) is 6.07 Å². The summed E-state index contributed by atoms with van der Waals surface area (Å²) in [7, 11) is 2.98. The van der Waals surface area contributed by atoms with E-state index in [9.17, 15) is 4.79 Å². The van der Waals surface area contributed by atoms with Crippen LogP contribution in [0.2, 0.25) is 5.02 Å². The van der Waals surface area contributed by atoms with Gasteiger partial charge in [-0.25, -0.2) is 0 Å². The molecule has 0 aliphatic rings. The monoisotopic (exact) mass is 214 g/mol. The molecule has 0 unspecified atom stereocenters. The molecule has 0 amide bonds. The largest absolute Gasteiger partial charge is 0.495 e. The molecule has 0 aliphatic heterocycles. The first-order valence-electron chi connectivity index (χ1n) is 4.02. The van der Waals surface area contributed by atoms with Gasteiger partial charge in [0, 0.05) is 0 Å². The Labute approximate surface area is 87.6 Å². The quantitative estimate of drug-likeness (QED) is 0.726. The Kier molecular flexibility index (Phi) is 3.36. The van der Waals surface area contributed by atoms with Crippen LogP contribution in [0.1, 0.15) is 15.9 Å². The number of carbonyl (C=O) groups is 1. The Hall–Kier alpha value is -1.22. The molecule has 0 bridgehead atoms. The van der Waals surface area contributed by atoms with Crippen LogP contribution in [0.25, 0.3) is 0 Å². The van der Waals surface area contributed by atoms with Crippen molar-refractivity contribution < 1.29 is 14.3 Å². The molecule has 1 aromatic rings. The number of carbonyl (C=O) groups excluding carboxylic acids is 1. The minimum Gasteiger partial charge on any atom is -0.495 e. The normalized spacial score (nSPS) is 9.71. The van der Waals surface area contributed by atoms with E-state index in [1.54, 1.807) is 6.07 Å². The lowest BCUT2D eigenvalue weighted by Crippen LogP contribution is -1.96. The standard InChI is InChI=1S/C10H11ClO3/c1-6-4-7(5-12)10(14-3)8(11)9(6)13-2/h4-5H,1-3H3. The minimum atomic E-state index is 0.331. The van der Waals surface area contributed by atoms with Crippen LogP contribution in [0.4, 0.5) is 0 Å². The van der Waals surface area contributed by atoms with Crippen molar-refractivity contribution in [3.63, 3.8) is 0 Å². The molecule has 0 aromatic heterocycles. The summed E-state index contributed by atoms with van der Waals surface area (Å²) in [5.74, 6) is 0.887. The third-order valence-electron chi connectivity index (χ3n) is 1.93. The predicted octanol–water partition coefficient (Wildman–Crippen LogP) is 2.48. The summed E-state index contributed by atoms with van der Waals surface area (Å²) in [4.78, 5) is 10.7. The molecule has 1 aromatic carbocycles. The minimum absolute atomic E-state index is 0.331. The van der Waals surface area contributed by atoms with Gasteiger partial charge in [-0.2, -0.15) is 0 Å². The Balaban J connectivity index is 3.46. The van der Waals surface area contributed by atoms with Crippen molar-refractivity contribution >= 4 is 17.9 Å². The van der Waals surface area contributed by atoms with Crippen LogP contribution in [-0.2, 0) is 0 Å². The van der Waals surface area contributed by atoms with Crippen molar-refractivity contribution in [3.8, 4) is 11.5 Å². The maximum atomic E-state index is 10.7. The van der Waals surface area contributed by atoms with E-state index in [2.05, 4.69) is 0 Å². The van der Waals surface area contributed by atoms with Crippen molar-refractivity contribution in [2.45, 2.75) is 6.92 Å². The second-order valence-corrected chi connectivity index (χ2v) is 3.16. The van der Waals surface area contributed by atoms with Gasteiger partial charge in [0.2, 0.25) is 0 Å². The molecule has 0 N–H and O–H groups in total. The first kappa shape index (κ1) is 10.9. The summed E-state index contributed by atoms with van der Waals surface area (Å²) in [5, 5.41) is 0.331. The molecule has 4 heteroatoms. The van der Waals surface area contributed by atoms with Crippen molar-refractivity contribution in [1.29, 1.82) is 0 Å². The van der Waals surface area contributed by atoms with E-state index in [-0.39, 0.29) is 0 Å². The number of hydrogen-bond donors (Lipinski definition) is 0. The van der Waals surface area contributed by atoms with Crippen LogP contribution in [0, 0.1) is 6.92 Å². The van der Waals surface area contributed by atoms with Crippen molar-refractivity contribution in [2.75, 3.05) is 14.2 Å². The average molecular weight is 215 g/mol. The van der Waals surface area contributed by atoms with E-state index in [4.69, 9.17) is 21.1 Å². The Morgan fingerprint density at radius 3 is 2.29 bits per heavy atom. The summed E-state index contributed by atoms with van der Waals surface area (Å²) < 4.78 is 10.1. The number of rotatable bonds is 3. The predicted molar refractivity (Wildman–Crippen MR) is 54.7 cm³/mol. The molecule has 0 radical (unpaired) electrons. The fourth-order valence-electron chi connectivity index (χ4n) is 1.31. The van der Waals surface area contributed by atoms with Crippen LogP contribution < -0.4 is 9.47 Å². The van der Waals surface area contributed by atoms with Crippen LogP contribution in [-0.4, -0.2) is 20.5 Å². The van der Waals surface area contributed by atoms with Gasteiger partial charge in [-0.1, -0.05) is 11.6 Å². The highest BCUT2D eigenvalue weighted by atomic mass is 35.5. The molecular weight excluding hydrogens is 204 g/mol. The second kappa shape index (κ2) is 4.33. The molecule has 0 heterocycles. The van der Waals surface area contributed by atoms with Crippen LogP contribution >= 0.6 is 11.6 Å². The third kappa shape index (κ3) is 1.68. The second-order valence-electron chi connectivity index (χ2n) is 2.78. The van der Waals surface area contributed by atoms with Gasteiger partial charge in [-0.3, -0.25) is 4.79 Å². The fourth-order valence-corrected chi connectivity index (χ4v) is 1.73. The van der Waals surface area contributed by atoms with Gasteiger partial charge in [0.25, 0.3) is 0 Å². The maximum absolute atomic E-state index is 10.7. The molecule has 14 heavy (non-hydrogen) atoms. The van der Waals surface area contributed by atoms with Crippen LogP contribution in [0.5, 0.6) is 11.5 Å². The van der Waals surface area contributed by atoms with Crippen molar-refractivity contribution in [2.24, 2.45) is 0 Å². The maximum Gasteiger partial charge on any atom is 0.153 e. The highest BCUT2D eigenvalue weighted by Gasteiger charge is 2.15. The Morgan fingerprint density at radius 1 is 1.29 bits per heavy atom. The van der Waals surface area contributed by atoms with E-state index in [0.717, 1.165) is 5.56 Å². The summed E-state index contributed by atoms with van der Waals surface area (Å²) in [6, 6.07) is 1.68. The smallest absolute Gasteiger partial charge is 0.153 e. The fraction of sp³-hybridized carbons (Fsp3) is 0.300. The summed E-state index contributed by atoms with van der Waals surface area (Å²) in [5.41, 5.74) is 1.23. The van der Waals surface area contributed by atoms with Gasteiger partial charge >= 0.3 is 0 Å². The summed E-state index contributed by atoms with van der Waals surface area (Å²) >= 11 is 5.99. The van der Waals surface area contributed by atoms with Gasteiger partial charge in [0.15, 0.2) is 12.0 Å². The topological polar surface area (TPSA) is 35.5 Å². The number of ether oxygens (including phenoxy) is 2. The van der Waals surface area contributed by atoms with E-state index in [0.29, 0.717) is 28.4 Å². The summed E-state index contributed by atoms with van der Waals surface area (Å²) in [6.45, 7) is 1.82. The number of methoxy groups -OCH3 is 2. The summed E-state index contributed by atoms with van der Waals surface area (Å²) in [6.07, 6.45) is 0.706.